The molecule has 142 valence electrons. The second-order valence-corrected chi connectivity index (χ2v) is 5.46. The number of rotatable bonds is 8. The largest absolute Gasteiger partial charge is 0.481 e. The summed E-state index contributed by atoms with van der Waals surface area (Å²) in [5, 5.41) is 13.9. The van der Waals surface area contributed by atoms with E-state index in [9.17, 15) is 14.4 Å². The first-order valence-electron chi connectivity index (χ1n) is 7.83. The minimum Gasteiger partial charge on any atom is -0.481 e. The van der Waals surface area contributed by atoms with Gasteiger partial charge in [0.2, 0.25) is 5.91 Å². The van der Waals surface area contributed by atoms with Crippen LogP contribution in [-0.4, -0.2) is 45.4 Å². The molecule has 11 heteroatoms. The molecule has 2 aromatic rings. The first kappa shape index (κ1) is 19.4. The highest BCUT2D eigenvalue weighted by molar-refractivity contribution is 5.97. The van der Waals surface area contributed by atoms with Crippen LogP contribution >= 0.6 is 0 Å². The quantitative estimate of drug-likeness (QED) is 0.262. The van der Waals surface area contributed by atoms with Crippen LogP contribution in [0.25, 0.3) is 0 Å². The van der Waals surface area contributed by atoms with Crippen molar-refractivity contribution in [2.24, 2.45) is 16.5 Å². The van der Waals surface area contributed by atoms with Gasteiger partial charge in [-0.3, -0.25) is 14.4 Å². The fourth-order valence-corrected chi connectivity index (χ4v) is 2.23. The number of imidazole rings is 1. The standard InChI is InChI=1S/C16H19N7O4/c17-16(18)22-10-3-1-2-9(6-10)15(27)21-8-12(24)23-11(7-13(25)26)14-19-4-5-20-14/h1-6,11H,7-8H2,(H,19,20)(H,21,27)(H,23,24)(H,25,26)(H4,17,18,22). The summed E-state index contributed by atoms with van der Waals surface area (Å²) in [6.45, 7) is -0.345. The van der Waals surface area contributed by atoms with Gasteiger partial charge in [-0.25, -0.2) is 9.98 Å². The zero-order valence-corrected chi connectivity index (χ0v) is 14.2. The van der Waals surface area contributed by atoms with E-state index in [2.05, 4.69) is 25.6 Å². The number of nitrogens with one attached hydrogen (secondary N) is 3. The maximum atomic E-state index is 12.2. The Bertz CT molecular complexity index is 844. The van der Waals surface area contributed by atoms with Crippen LogP contribution in [0.4, 0.5) is 5.69 Å². The Labute approximate surface area is 153 Å². The first-order chi connectivity index (χ1) is 12.8. The molecule has 1 unspecified atom stereocenters. The smallest absolute Gasteiger partial charge is 0.305 e. The van der Waals surface area contributed by atoms with Crippen molar-refractivity contribution >= 4 is 29.4 Å². The minimum absolute atomic E-state index is 0.144. The van der Waals surface area contributed by atoms with E-state index in [1.807, 2.05) is 0 Å². The third kappa shape index (κ3) is 6.16. The number of aliphatic carboxylic acids is 1. The summed E-state index contributed by atoms with van der Waals surface area (Å²) < 4.78 is 0. The fraction of sp³-hybridized carbons (Fsp3) is 0.188. The van der Waals surface area contributed by atoms with Crippen molar-refractivity contribution in [3.63, 3.8) is 0 Å². The summed E-state index contributed by atoms with van der Waals surface area (Å²) in [6, 6.07) is 5.37. The third-order valence-electron chi connectivity index (χ3n) is 3.34. The molecule has 2 rings (SSSR count). The average molecular weight is 373 g/mol. The van der Waals surface area contributed by atoms with Gasteiger partial charge in [0, 0.05) is 18.0 Å². The van der Waals surface area contributed by atoms with E-state index in [4.69, 9.17) is 16.6 Å². The molecule has 0 aliphatic heterocycles. The van der Waals surface area contributed by atoms with Gasteiger partial charge in [-0.2, -0.15) is 0 Å². The molecule has 0 fully saturated rings. The Kier molecular flexibility index (Phi) is 6.47. The molecule has 1 atom stereocenters. The Morgan fingerprint density at radius 3 is 2.70 bits per heavy atom. The van der Waals surface area contributed by atoms with Crippen LogP contribution in [-0.2, 0) is 9.59 Å². The number of carboxylic acids is 1. The number of aliphatic imine (C=N–C) groups is 1. The summed E-state index contributed by atoms with van der Waals surface area (Å²) >= 11 is 0. The molecule has 0 bridgehead atoms. The normalized spacial score (nSPS) is 11.3. The van der Waals surface area contributed by atoms with Crippen LogP contribution in [0.1, 0.15) is 28.6 Å². The lowest BCUT2D eigenvalue weighted by Crippen LogP contribution is -2.39. The van der Waals surface area contributed by atoms with Crippen LogP contribution in [0.3, 0.4) is 0 Å². The highest BCUT2D eigenvalue weighted by Crippen LogP contribution is 2.14. The van der Waals surface area contributed by atoms with Gasteiger partial charge in [-0.1, -0.05) is 6.07 Å². The highest BCUT2D eigenvalue weighted by Gasteiger charge is 2.20. The molecule has 0 aliphatic rings. The number of hydrogen-bond donors (Lipinski definition) is 6. The number of nitrogens with two attached hydrogens (primary N) is 2. The van der Waals surface area contributed by atoms with Crippen molar-refractivity contribution in [2.45, 2.75) is 12.5 Å². The Morgan fingerprint density at radius 1 is 1.30 bits per heavy atom. The molecule has 2 amide bonds. The molecule has 0 spiro atoms. The number of carbonyl (C=O) groups is 3. The van der Waals surface area contributed by atoms with Crippen LogP contribution in [0.15, 0.2) is 41.7 Å². The first-order valence-corrected chi connectivity index (χ1v) is 7.83. The topological polar surface area (TPSA) is 189 Å². The van der Waals surface area contributed by atoms with Gasteiger partial charge in [0.25, 0.3) is 5.91 Å². The SMILES string of the molecule is NC(N)=Nc1cccc(C(=O)NCC(=O)NC(CC(=O)O)c2ncc[nH]2)c1. The summed E-state index contributed by atoms with van der Waals surface area (Å²) in [6.07, 6.45) is 2.61. The van der Waals surface area contributed by atoms with E-state index >= 15 is 0 Å². The average Bonchev–Trinajstić information content (AvgIpc) is 3.13. The number of carbonyl (C=O) groups excluding carboxylic acids is 2. The molecular weight excluding hydrogens is 354 g/mol. The summed E-state index contributed by atoms with van der Waals surface area (Å²) in [5.41, 5.74) is 11.2. The number of hydrogen-bond acceptors (Lipinski definition) is 5. The predicted octanol–water partition coefficient (Wildman–Crippen LogP) is -0.623. The number of carboxylic acid groups (broad SMARTS) is 1. The Balaban J connectivity index is 1.95. The van der Waals surface area contributed by atoms with E-state index in [0.717, 1.165) is 0 Å². The molecule has 1 heterocycles. The van der Waals surface area contributed by atoms with Crippen LogP contribution < -0.4 is 22.1 Å². The van der Waals surface area contributed by atoms with Gasteiger partial charge < -0.3 is 32.2 Å². The molecule has 11 nitrogen and oxygen atoms in total. The summed E-state index contributed by atoms with van der Waals surface area (Å²) in [4.78, 5) is 45.7. The van der Waals surface area contributed by atoms with Crippen LogP contribution in [0.2, 0.25) is 0 Å². The number of H-pyrrole nitrogens is 1. The van der Waals surface area contributed by atoms with E-state index in [0.29, 0.717) is 11.5 Å². The Morgan fingerprint density at radius 2 is 2.07 bits per heavy atom. The number of benzene rings is 1. The predicted molar refractivity (Wildman–Crippen MR) is 96.0 cm³/mol. The van der Waals surface area contributed by atoms with Crippen LogP contribution in [0.5, 0.6) is 0 Å². The number of aromatic amines is 1. The lowest BCUT2D eigenvalue weighted by molar-refractivity contribution is -0.137. The van der Waals surface area contributed by atoms with E-state index in [-0.39, 0.29) is 24.5 Å². The van der Waals surface area contributed by atoms with Crippen molar-refractivity contribution in [3.8, 4) is 0 Å². The molecule has 0 aliphatic carbocycles. The lowest BCUT2D eigenvalue weighted by atomic mass is 10.2. The Hall–Kier alpha value is -3.89. The lowest BCUT2D eigenvalue weighted by Gasteiger charge is -2.15. The highest BCUT2D eigenvalue weighted by atomic mass is 16.4. The van der Waals surface area contributed by atoms with Crippen molar-refractivity contribution in [3.05, 3.63) is 48.0 Å². The zero-order valence-electron chi connectivity index (χ0n) is 14.2. The van der Waals surface area contributed by atoms with Crippen molar-refractivity contribution in [1.82, 2.24) is 20.6 Å². The van der Waals surface area contributed by atoms with E-state index in [1.165, 1.54) is 24.5 Å². The maximum Gasteiger partial charge on any atom is 0.305 e. The van der Waals surface area contributed by atoms with Crippen LogP contribution in [0, 0.1) is 0 Å². The number of nitrogens with zero attached hydrogens (tertiary/aromatic N) is 2. The molecule has 0 saturated heterocycles. The monoisotopic (exact) mass is 373 g/mol. The second kappa shape index (κ2) is 8.99. The molecular formula is C16H19N7O4. The van der Waals surface area contributed by atoms with E-state index < -0.39 is 23.8 Å². The molecule has 27 heavy (non-hydrogen) atoms. The molecule has 0 radical (unpaired) electrons. The fourth-order valence-electron chi connectivity index (χ4n) is 2.23. The molecule has 8 N–H and O–H groups in total. The van der Waals surface area contributed by atoms with Gasteiger partial charge in [0.1, 0.15) is 5.82 Å². The van der Waals surface area contributed by atoms with Crippen molar-refractivity contribution in [2.75, 3.05) is 6.54 Å². The summed E-state index contributed by atoms with van der Waals surface area (Å²) in [7, 11) is 0. The molecule has 0 saturated carbocycles. The molecule has 1 aromatic carbocycles. The van der Waals surface area contributed by atoms with E-state index in [1.54, 1.807) is 12.1 Å². The number of guanidine groups is 1. The van der Waals surface area contributed by atoms with Crippen molar-refractivity contribution < 1.29 is 19.5 Å². The van der Waals surface area contributed by atoms with Gasteiger partial charge >= 0.3 is 5.97 Å². The van der Waals surface area contributed by atoms with Gasteiger partial charge in [-0.15, -0.1) is 0 Å². The van der Waals surface area contributed by atoms with Gasteiger partial charge in [0.05, 0.1) is 24.7 Å². The minimum atomic E-state index is -1.10. The second-order valence-electron chi connectivity index (χ2n) is 5.46. The van der Waals surface area contributed by atoms with Gasteiger partial charge in [-0.05, 0) is 18.2 Å². The maximum absolute atomic E-state index is 12.2. The summed E-state index contributed by atoms with van der Waals surface area (Å²) in [5.74, 6) is -2.01. The number of amides is 2. The zero-order chi connectivity index (χ0) is 19.8. The number of aromatic nitrogens is 2. The third-order valence-corrected chi connectivity index (χ3v) is 3.34. The molecule has 1 aromatic heterocycles. The van der Waals surface area contributed by atoms with Gasteiger partial charge in [0.15, 0.2) is 5.96 Å². The van der Waals surface area contributed by atoms with Crippen molar-refractivity contribution in [1.29, 1.82) is 0 Å².